The number of alkyl carbamates (subject to hydrolysis) is 1. The van der Waals surface area contributed by atoms with Crippen LogP contribution in [0.1, 0.15) is 78.5 Å². The molecule has 38 heavy (non-hydrogen) atoms. The first-order valence-electron chi connectivity index (χ1n) is 12.9. The molecule has 2 unspecified atom stereocenters. The highest BCUT2D eigenvalue weighted by atomic mass is 32.2. The van der Waals surface area contributed by atoms with Gasteiger partial charge in [-0.3, -0.25) is 14.4 Å². The maximum atomic E-state index is 14.2. The topological polar surface area (TPSA) is 114 Å². The van der Waals surface area contributed by atoms with Crippen LogP contribution in [0.3, 0.4) is 0 Å². The molecule has 1 aromatic carbocycles. The van der Waals surface area contributed by atoms with Gasteiger partial charge in [-0.1, -0.05) is 29.8 Å². The number of carbonyl (C=O) groups excluding carboxylic acids is 4. The predicted molar refractivity (Wildman–Crippen MR) is 151 cm³/mol. The number of ether oxygens (including phenoxy) is 2. The van der Waals surface area contributed by atoms with Gasteiger partial charge in [0.15, 0.2) is 0 Å². The molecule has 0 bridgehead atoms. The number of rotatable bonds is 12. The highest BCUT2D eigenvalue weighted by molar-refractivity contribution is 7.98. The highest BCUT2D eigenvalue weighted by Gasteiger charge is 2.41. The van der Waals surface area contributed by atoms with E-state index in [9.17, 15) is 19.2 Å². The van der Waals surface area contributed by atoms with Crippen molar-refractivity contribution in [3.63, 3.8) is 0 Å². The van der Waals surface area contributed by atoms with Crippen LogP contribution in [-0.4, -0.2) is 71.1 Å². The van der Waals surface area contributed by atoms with Gasteiger partial charge in [0.1, 0.15) is 17.7 Å². The molecule has 10 heteroatoms. The summed E-state index contributed by atoms with van der Waals surface area (Å²) in [7, 11) is 0. The molecule has 2 N–H and O–H groups in total. The monoisotopic (exact) mass is 551 g/mol. The zero-order valence-electron chi connectivity index (χ0n) is 24.3. The molecule has 0 aliphatic heterocycles. The minimum atomic E-state index is -0.998. The summed E-state index contributed by atoms with van der Waals surface area (Å²) in [6.45, 7) is 14.7. The van der Waals surface area contributed by atoms with E-state index >= 15 is 0 Å². The van der Waals surface area contributed by atoms with Crippen LogP contribution in [-0.2, 0) is 23.9 Å². The van der Waals surface area contributed by atoms with Crippen LogP contribution in [0.15, 0.2) is 24.3 Å². The predicted octanol–water partition coefficient (Wildman–Crippen LogP) is 4.38. The van der Waals surface area contributed by atoms with Crippen molar-refractivity contribution in [1.29, 1.82) is 0 Å². The summed E-state index contributed by atoms with van der Waals surface area (Å²) in [6.07, 6.45) is 1.59. The Labute approximate surface area is 231 Å². The summed E-state index contributed by atoms with van der Waals surface area (Å²) in [5.41, 5.74) is 0.0304. The summed E-state index contributed by atoms with van der Waals surface area (Å²) in [4.78, 5) is 53.8. The van der Waals surface area contributed by atoms with Gasteiger partial charge < -0.3 is 25.0 Å². The third-order valence-corrected chi connectivity index (χ3v) is 6.00. The highest BCUT2D eigenvalue weighted by Crippen LogP contribution is 2.31. The van der Waals surface area contributed by atoms with E-state index in [-0.39, 0.29) is 19.6 Å². The summed E-state index contributed by atoms with van der Waals surface area (Å²) < 4.78 is 10.4. The zero-order chi connectivity index (χ0) is 29.1. The number of esters is 1. The van der Waals surface area contributed by atoms with E-state index < -0.39 is 47.1 Å². The molecule has 0 radical (unpaired) electrons. The fourth-order valence-electron chi connectivity index (χ4n) is 3.83. The van der Waals surface area contributed by atoms with Crippen LogP contribution in [0.5, 0.6) is 0 Å². The molecule has 1 rings (SSSR count). The van der Waals surface area contributed by atoms with Gasteiger partial charge in [0, 0.05) is 12.1 Å². The van der Waals surface area contributed by atoms with Gasteiger partial charge in [-0.15, -0.1) is 0 Å². The molecule has 0 fully saturated rings. The van der Waals surface area contributed by atoms with Crippen molar-refractivity contribution >= 4 is 35.6 Å². The molecule has 0 spiro atoms. The number of aryl methyl sites for hydroxylation is 1. The molecule has 0 aliphatic rings. The van der Waals surface area contributed by atoms with Crippen molar-refractivity contribution in [3.05, 3.63) is 35.4 Å². The molecule has 1 aromatic rings. The largest absolute Gasteiger partial charge is 0.466 e. The van der Waals surface area contributed by atoms with Crippen molar-refractivity contribution in [2.45, 2.75) is 91.5 Å². The maximum absolute atomic E-state index is 14.2. The average Bonchev–Trinajstić information content (AvgIpc) is 2.77. The average molecular weight is 552 g/mol. The third-order valence-electron chi connectivity index (χ3n) is 5.36. The standard InChI is InChI=1S/C28H45N3O6S/c1-10-36-22(32)14-16-29-24(33)23(20-13-11-12-19(2)18-20)31(27(3,4)5)25(34)21(15-17-38-9)30-26(35)37-28(6,7)8/h11-13,18,21,23H,10,14-17H2,1-9H3,(H,29,33)(H,30,35). The lowest BCUT2D eigenvalue weighted by Crippen LogP contribution is -2.58. The second kappa shape index (κ2) is 15.0. The van der Waals surface area contributed by atoms with Crippen LogP contribution in [0.4, 0.5) is 4.79 Å². The van der Waals surface area contributed by atoms with Crippen molar-refractivity contribution < 1.29 is 28.7 Å². The molecule has 9 nitrogen and oxygen atoms in total. The lowest BCUT2D eigenvalue weighted by atomic mass is 9.94. The van der Waals surface area contributed by atoms with Crippen LogP contribution in [0.2, 0.25) is 0 Å². The summed E-state index contributed by atoms with van der Waals surface area (Å²) in [6, 6.07) is 5.50. The van der Waals surface area contributed by atoms with Gasteiger partial charge in [-0.25, -0.2) is 4.79 Å². The van der Waals surface area contributed by atoms with Crippen LogP contribution in [0.25, 0.3) is 0 Å². The number of benzene rings is 1. The van der Waals surface area contributed by atoms with E-state index in [2.05, 4.69) is 10.6 Å². The Morgan fingerprint density at radius 1 is 1.08 bits per heavy atom. The minimum absolute atomic E-state index is 0.0140. The number of nitrogens with one attached hydrogen (secondary N) is 2. The van der Waals surface area contributed by atoms with Crippen molar-refractivity contribution in [1.82, 2.24) is 15.5 Å². The van der Waals surface area contributed by atoms with E-state index in [1.54, 1.807) is 45.5 Å². The Bertz CT molecular complexity index is 955. The molecule has 0 saturated carbocycles. The number of amides is 3. The Kier molecular flexibility index (Phi) is 13.1. The Morgan fingerprint density at radius 3 is 2.26 bits per heavy atom. The van der Waals surface area contributed by atoms with E-state index in [1.807, 2.05) is 52.1 Å². The van der Waals surface area contributed by atoms with Gasteiger partial charge in [-0.05, 0) is 79.4 Å². The van der Waals surface area contributed by atoms with E-state index in [0.29, 0.717) is 17.7 Å². The van der Waals surface area contributed by atoms with Crippen LogP contribution < -0.4 is 10.6 Å². The van der Waals surface area contributed by atoms with E-state index in [0.717, 1.165) is 5.56 Å². The number of hydrogen-bond acceptors (Lipinski definition) is 7. The normalized spacial score (nSPS) is 13.2. The van der Waals surface area contributed by atoms with Gasteiger partial charge in [0.05, 0.1) is 13.0 Å². The second-order valence-electron chi connectivity index (χ2n) is 11.0. The number of carbonyl (C=O) groups is 4. The maximum Gasteiger partial charge on any atom is 0.408 e. The molecule has 2 atom stereocenters. The molecule has 0 heterocycles. The quantitative estimate of drug-likeness (QED) is 0.371. The molecule has 0 aromatic heterocycles. The zero-order valence-corrected chi connectivity index (χ0v) is 25.1. The minimum Gasteiger partial charge on any atom is -0.466 e. The molecule has 0 saturated heterocycles. The van der Waals surface area contributed by atoms with Gasteiger partial charge >= 0.3 is 12.1 Å². The number of nitrogens with zero attached hydrogens (tertiary/aromatic N) is 1. The number of hydrogen-bond donors (Lipinski definition) is 2. The first-order chi connectivity index (χ1) is 17.6. The lowest BCUT2D eigenvalue weighted by Gasteiger charge is -2.43. The molecule has 0 aliphatic carbocycles. The lowest BCUT2D eigenvalue weighted by molar-refractivity contribution is -0.149. The smallest absolute Gasteiger partial charge is 0.408 e. The fourth-order valence-corrected chi connectivity index (χ4v) is 4.30. The van der Waals surface area contributed by atoms with Crippen molar-refractivity contribution in [3.8, 4) is 0 Å². The summed E-state index contributed by atoms with van der Waals surface area (Å²) in [5, 5.41) is 5.53. The van der Waals surface area contributed by atoms with Crippen molar-refractivity contribution in [2.24, 2.45) is 0 Å². The Hall–Kier alpha value is -2.75. The van der Waals surface area contributed by atoms with Crippen molar-refractivity contribution in [2.75, 3.05) is 25.2 Å². The molecule has 3 amide bonds. The summed E-state index contributed by atoms with van der Waals surface area (Å²) in [5.74, 6) is -0.624. The Balaban J connectivity index is 3.45. The fraction of sp³-hybridized carbons (Fsp3) is 0.643. The first kappa shape index (κ1) is 33.3. The Morgan fingerprint density at radius 2 is 1.74 bits per heavy atom. The van der Waals surface area contributed by atoms with Gasteiger partial charge in [-0.2, -0.15) is 11.8 Å². The van der Waals surface area contributed by atoms with Crippen LogP contribution >= 0.6 is 11.8 Å². The van der Waals surface area contributed by atoms with E-state index in [4.69, 9.17) is 9.47 Å². The van der Waals surface area contributed by atoms with E-state index in [1.165, 1.54) is 4.90 Å². The number of thioether (sulfide) groups is 1. The molecular formula is C28H45N3O6S. The second-order valence-corrected chi connectivity index (χ2v) is 12.0. The molecular weight excluding hydrogens is 506 g/mol. The van der Waals surface area contributed by atoms with Gasteiger partial charge in [0.2, 0.25) is 11.8 Å². The van der Waals surface area contributed by atoms with Gasteiger partial charge in [0.25, 0.3) is 0 Å². The summed E-state index contributed by atoms with van der Waals surface area (Å²) >= 11 is 1.55. The third kappa shape index (κ3) is 11.3. The molecule has 214 valence electrons. The van der Waals surface area contributed by atoms with Crippen LogP contribution in [0, 0.1) is 6.92 Å². The first-order valence-corrected chi connectivity index (χ1v) is 14.3. The SMILES string of the molecule is CCOC(=O)CCNC(=O)C(c1cccc(C)c1)N(C(=O)C(CCSC)NC(=O)OC(C)(C)C)C(C)(C)C.